The number of benzene rings is 1. The van der Waals surface area contributed by atoms with Gasteiger partial charge in [-0.05, 0) is 47.9 Å². The molecule has 1 N–H and O–H groups in total. The molecule has 0 aliphatic carbocycles. The molecule has 0 unspecified atom stereocenters. The van der Waals surface area contributed by atoms with E-state index in [-0.39, 0.29) is 11.9 Å². The zero-order valence-corrected chi connectivity index (χ0v) is 15.1. The van der Waals surface area contributed by atoms with Gasteiger partial charge in [0.2, 0.25) is 5.89 Å². The largest absolute Gasteiger partial charge is 0.446 e. The van der Waals surface area contributed by atoms with Crippen LogP contribution in [0.1, 0.15) is 28.9 Å². The van der Waals surface area contributed by atoms with Gasteiger partial charge in [0.15, 0.2) is 5.69 Å². The topological polar surface area (TPSA) is 73.0 Å². The Labute approximate surface area is 154 Å². The molecule has 1 atom stereocenters. The van der Waals surface area contributed by atoms with Crippen molar-refractivity contribution in [1.29, 1.82) is 0 Å². The highest BCUT2D eigenvalue weighted by atomic mass is 32.1. The van der Waals surface area contributed by atoms with Crippen LogP contribution in [0.2, 0.25) is 0 Å². The fourth-order valence-electron chi connectivity index (χ4n) is 2.88. The molecule has 0 saturated carbocycles. The number of aromatic nitrogens is 3. The predicted molar refractivity (Wildman–Crippen MR) is 100 cm³/mol. The lowest BCUT2D eigenvalue weighted by Crippen LogP contribution is -2.34. The van der Waals surface area contributed by atoms with E-state index in [9.17, 15) is 4.79 Å². The third-order valence-electron chi connectivity index (χ3n) is 4.12. The summed E-state index contributed by atoms with van der Waals surface area (Å²) >= 11 is 1.66. The molecule has 26 heavy (non-hydrogen) atoms. The second kappa shape index (κ2) is 7.13. The quantitative estimate of drug-likeness (QED) is 0.567. The lowest BCUT2D eigenvalue weighted by Gasteiger charge is -2.11. The SMILES string of the molecule is C[C@@H](Cc1ccsc1)NC(=O)c1coc(Cn2cnc3ccccc32)n1. The number of imidazole rings is 1. The molecule has 132 valence electrons. The van der Waals surface area contributed by atoms with Gasteiger partial charge in [-0.2, -0.15) is 11.3 Å². The minimum Gasteiger partial charge on any atom is -0.446 e. The zero-order valence-electron chi connectivity index (χ0n) is 14.3. The van der Waals surface area contributed by atoms with E-state index in [0.29, 0.717) is 18.1 Å². The minimum atomic E-state index is -0.224. The fourth-order valence-corrected chi connectivity index (χ4v) is 3.56. The maximum absolute atomic E-state index is 12.4. The van der Waals surface area contributed by atoms with Gasteiger partial charge in [-0.1, -0.05) is 12.1 Å². The first-order chi connectivity index (χ1) is 12.7. The molecular weight excluding hydrogens is 348 g/mol. The van der Waals surface area contributed by atoms with Crippen molar-refractivity contribution in [3.63, 3.8) is 0 Å². The maximum atomic E-state index is 12.4. The van der Waals surface area contributed by atoms with Crippen LogP contribution in [-0.4, -0.2) is 26.5 Å². The maximum Gasteiger partial charge on any atom is 0.273 e. The Morgan fingerprint density at radius 1 is 1.35 bits per heavy atom. The molecule has 4 rings (SSSR count). The van der Waals surface area contributed by atoms with Crippen LogP contribution < -0.4 is 5.32 Å². The standard InChI is InChI=1S/C19H18N4O2S/c1-13(8-14-6-7-26-11-14)21-19(24)16-10-25-18(22-16)9-23-12-20-15-4-2-3-5-17(15)23/h2-7,10-13H,8-9H2,1H3,(H,21,24)/t13-/m0/s1. The van der Waals surface area contributed by atoms with E-state index in [1.165, 1.54) is 11.8 Å². The van der Waals surface area contributed by atoms with Crippen LogP contribution >= 0.6 is 11.3 Å². The van der Waals surface area contributed by atoms with Crippen LogP contribution in [0.3, 0.4) is 0 Å². The van der Waals surface area contributed by atoms with Crippen molar-refractivity contribution in [2.45, 2.75) is 25.9 Å². The fraction of sp³-hybridized carbons (Fsp3) is 0.211. The molecule has 1 amide bonds. The monoisotopic (exact) mass is 366 g/mol. The number of hydrogen-bond donors (Lipinski definition) is 1. The third-order valence-corrected chi connectivity index (χ3v) is 4.85. The Bertz CT molecular complexity index is 1020. The van der Waals surface area contributed by atoms with Crippen LogP contribution in [-0.2, 0) is 13.0 Å². The summed E-state index contributed by atoms with van der Waals surface area (Å²) in [5, 5.41) is 7.09. The predicted octanol–water partition coefficient (Wildman–Crippen LogP) is 3.50. The van der Waals surface area contributed by atoms with Gasteiger partial charge >= 0.3 is 0 Å². The number of carbonyl (C=O) groups excluding carboxylic acids is 1. The molecule has 0 aliphatic heterocycles. The highest BCUT2D eigenvalue weighted by Gasteiger charge is 2.16. The number of oxazole rings is 1. The molecular formula is C19H18N4O2S. The molecule has 0 fully saturated rings. The number of thiophene rings is 1. The Balaban J connectivity index is 1.41. The van der Waals surface area contributed by atoms with Gasteiger partial charge in [0.25, 0.3) is 5.91 Å². The van der Waals surface area contributed by atoms with Crippen molar-refractivity contribution < 1.29 is 9.21 Å². The number of fused-ring (bicyclic) bond motifs is 1. The minimum absolute atomic E-state index is 0.0230. The number of para-hydroxylation sites is 2. The van der Waals surface area contributed by atoms with Gasteiger partial charge in [-0.15, -0.1) is 0 Å². The Morgan fingerprint density at radius 3 is 3.08 bits per heavy atom. The van der Waals surface area contributed by atoms with Crippen LogP contribution in [0.15, 0.2) is 58.1 Å². The summed E-state index contributed by atoms with van der Waals surface area (Å²) in [5.41, 5.74) is 3.43. The normalized spacial score (nSPS) is 12.3. The van der Waals surface area contributed by atoms with Crippen LogP contribution in [0.25, 0.3) is 11.0 Å². The van der Waals surface area contributed by atoms with E-state index in [1.807, 2.05) is 41.1 Å². The van der Waals surface area contributed by atoms with Gasteiger partial charge in [0, 0.05) is 6.04 Å². The first kappa shape index (κ1) is 16.5. The van der Waals surface area contributed by atoms with Gasteiger partial charge < -0.3 is 14.3 Å². The molecule has 4 aromatic rings. The van der Waals surface area contributed by atoms with Gasteiger partial charge in [-0.3, -0.25) is 4.79 Å². The highest BCUT2D eigenvalue weighted by Crippen LogP contribution is 2.14. The average molecular weight is 366 g/mol. The van der Waals surface area contributed by atoms with Crippen molar-refractivity contribution >= 4 is 28.3 Å². The first-order valence-corrected chi connectivity index (χ1v) is 9.29. The summed E-state index contributed by atoms with van der Waals surface area (Å²) in [7, 11) is 0. The molecule has 0 radical (unpaired) electrons. The van der Waals surface area contributed by atoms with Crippen LogP contribution in [0.5, 0.6) is 0 Å². The number of nitrogens with one attached hydrogen (secondary N) is 1. The molecule has 3 aromatic heterocycles. The number of nitrogens with zero attached hydrogens (tertiary/aromatic N) is 3. The Hall–Kier alpha value is -2.93. The van der Waals surface area contributed by atoms with Gasteiger partial charge in [-0.25, -0.2) is 9.97 Å². The molecule has 0 aliphatic rings. The molecule has 7 heteroatoms. The average Bonchev–Trinajstić information content (AvgIpc) is 3.37. The number of carbonyl (C=O) groups is 1. The summed E-state index contributed by atoms with van der Waals surface area (Å²) in [6.45, 7) is 2.41. The van der Waals surface area contributed by atoms with E-state index in [0.717, 1.165) is 17.5 Å². The van der Waals surface area contributed by atoms with E-state index in [2.05, 4.69) is 26.7 Å². The second-order valence-electron chi connectivity index (χ2n) is 6.20. The first-order valence-electron chi connectivity index (χ1n) is 8.35. The van der Waals surface area contributed by atoms with E-state index in [1.54, 1.807) is 17.7 Å². The lowest BCUT2D eigenvalue weighted by molar-refractivity contribution is 0.0935. The van der Waals surface area contributed by atoms with E-state index < -0.39 is 0 Å². The Kier molecular flexibility index (Phi) is 4.53. The van der Waals surface area contributed by atoms with Crippen LogP contribution in [0.4, 0.5) is 0 Å². The van der Waals surface area contributed by atoms with Gasteiger partial charge in [0.05, 0.1) is 17.4 Å². The van der Waals surface area contributed by atoms with Crippen LogP contribution in [0, 0.1) is 0 Å². The smallest absolute Gasteiger partial charge is 0.273 e. The molecule has 3 heterocycles. The van der Waals surface area contributed by atoms with Crippen molar-refractivity contribution in [3.8, 4) is 0 Å². The number of amides is 1. The highest BCUT2D eigenvalue weighted by molar-refractivity contribution is 7.07. The summed E-state index contributed by atoms with van der Waals surface area (Å²) < 4.78 is 7.42. The summed E-state index contributed by atoms with van der Waals surface area (Å²) in [5.74, 6) is 0.252. The van der Waals surface area contributed by atoms with Crippen molar-refractivity contribution in [2.24, 2.45) is 0 Å². The van der Waals surface area contributed by atoms with Crippen molar-refractivity contribution in [3.05, 3.63) is 70.8 Å². The van der Waals surface area contributed by atoms with Gasteiger partial charge in [0.1, 0.15) is 12.8 Å². The number of hydrogen-bond acceptors (Lipinski definition) is 5. The van der Waals surface area contributed by atoms with E-state index >= 15 is 0 Å². The molecule has 0 bridgehead atoms. The molecule has 1 aromatic carbocycles. The van der Waals surface area contributed by atoms with Crippen molar-refractivity contribution in [1.82, 2.24) is 19.9 Å². The number of rotatable bonds is 6. The lowest BCUT2D eigenvalue weighted by atomic mass is 10.1. The van der Waals surface area contributed by atoms with E-state index in [4.69, 9.17) is 4.42 Å². The Morgan fingerprint density at radius 2 is 2.23 bits per heavy atom. The summed E-state index contributed by atoms with van der Waals surface area (Å²) in [6.07, 6.45) is 3.94. The zero-order chi connectivity index (χ0) is 17.9. The summed E-state index contributed by atoms with van der Waals surface area (Å²) in [6, 6.07) is 9.95. The third kappa shape index (κ3) is 3.52. The second-order valence-corrected chi connectivity index (χ2v) is 6.98. The summed E-state index contributed by atoms with van der Waals surface area (Å²) in [4.78, 5) is 21.0. The molecule has 0 saturated heterocycles. The molecule has 0 spiro atoms. The molecule has 6 nitrogen and oxygen atoms in total. The van der Waals surface area contributed by atoms with Crippen molar-refractivity contribution in [2.75, 3.05) is 0 Å².